The monoisotopic (exact) mass is 197 g/mol. The van der Waals surface area contributed by atoms with Crippen molar-refractivity contribution in [1.82, 2.24) is 5.32 Å². The van der Waals surface area contributed by atoms with Crippen molar-refractivity contribution in [2.24, 2.45) is 0 Å². The van der Waals surface area contributed by atoms with E-state index in [1.807, 2.05) is 0 Å². The molecule has 0 saturated heterocycles. The highest BCUT2D eigenvalue weighted by Crippen LogP contribution is 1.97. The lowest BCUT2D eigenvalue weighted by atomic mass is 10.1. The Labute approximate surface area is 83.4 Å². The first-order chi connectivity index (χ1) is 6.70. The largest absolute Gasteiger partial charge is 0.349 e. The Kier molecular flexibility index (Phi) is 7.32. The first-order valence-corrected chi connectivity index (χ1v) is 4.56. The summed E-state index contributed by atoms with van der Waals surface area (Å²) in [7, 11) is 0. The number of hydrogen-bond donors (Lipinski definition) is 1. The average molecular weight is 197 g/mol. The molecule has 0 saturated carbocycles. The van der Waals surface area contributed by atoms with E-state index in [1.54, 1.807) is 13.0 Å². The summed E-state index contributed by atoms with van der Waals surface area (Å²) < 4.78 is 0. The van der Waals surface area contributed by atoms with E-state index in [9.17, 15) is 14.4 Å². The van der Waals surface area contributed by atoms with Crippen LogP contribution in [0.4, 0.5) is 0 Å². The van der Waals surface area contributed by atoms with Crippen molar-refractivity contribution in [3.63, 3.8) is 0 Å². The van der Waals surface area contributed by atoms with Crippen LogP contribution in [0.2, 0.25) is 0 Å². The third-order valence-corrected chi connectivity index (χ3v) is 1.56. The van der Waals surface area contributed by atoms with E-state index in [4.69, 9.17) is 0 Å². The van der Waals surface area contributed by atoms with Gasteiger partial charge in [0, 0.05) is 12.8 Å². The minimum Gasteiger partial charge on any atom is -0.349 e. The summed E-state index contributed by atoms with van der Waals surface area (Å²) in [4.78, 5) is 31.8. The zero-order valence-electron chi connectivity index (χ0n) is 8.29. The second-order valence-electron chi connectivity index (χ2n) is 2.79. The maximum absolute atomic E-state index is 11.0. The Morgan fingerprint density at radius 2 is 2.00 bits per heavy atom. The first kappa shape index (κ1) is 12.6. The maximum Gasteiger partial charge on any atom is 0.220 e. The second kappa shape index (κ2) is 8.16. The van der Waals surface area contributed by atoms with E-state index in [2.05, 4.69) is 5.32 Å². The van der Waals surface area contributed by atoms with Crippen molar-refractivity contribution >= 4 is 18.0 Å². The van der Waals surface area contributed by atoms with Gasteiger partial charge in [0.2, 0.25) is 5.91 Å². The number of ketones is 1. The highest BCUT2D eigenvalue weighted by Gasteiger charge is 2.01. The molecule has 78 valence electrons. The molecule has 1 amide bonds. The predicted molar refractivity (Wildman–Crippen MR) is 52.7 cm³/mol. The van der Waals surface area contributed by atoms with Crippen molar-refractivity contribution in [1.29, 1.82) is 0 Å². The normalized spacial score (nSPS) is 10.1. The Hall–Kier alpha value is -1.45. The summed E-state index contributed by atoms with van der Waals surface area (Å²) in [5.41, 5.74) is 0. The van der Waals surface area contributed by atoms with E-state index in [1.165, 1.54) is 6.08 Å². The predicted octanol–water partition coefficient (Wildman–Crippen LogP) is 0.617. The smallest absolute Gasteiger partial charge is 0.220 e. The number of amides is 1. The Bertz CT molecular complexity index is 234. The second-order valence-corrected chi connectivity index (χ2v) is 2.79. The molecule has 1 N–H and O–H groups in total. The molecule has 0 rings (SSSR count). The molecule has 0 atom stereocenters. The molecule has 0 aromatic carbocycles. The van der Waals surface area contributed by atoms with Crippen LogP contribution in [-0.4, -0.2) is 24.5 Å². The number of aldehydes is 1. The molecule has 0 radical (unpaired) electrons. The van der Waals surface area contributed by atoms with Crippen molar-refractivity contribution in [3.8, 4) is 0 Å². The fourth-order valence-electron chi connectivity index (χ4n) is 0.936. The number of carbonyl (C=O) groups excluding carboxylic acids is 3. The van der Waals surface area contributed by atoms with Crippen molar-refractivity contribution in [2.45, 2.75) is 26.2 Å². The van der Waals surface area contributed by atoms with Gasteiger partial charge >= 0.3 is 0 Å². The van der Waals surface area contributed by atoms with Gasteiger partial charge in [0.05, 0.1) is 6.54 Å². The van der Waals surface area contributed by atoms with Crippen LogP contribution in [-0.2, 0) is 14.4 Å². The van der Waals surface area contributed by atoms with Crippen LogP contribution < -0.4 is 5.32 Å². The number of rotatable bonds is 7. The molecule has 0 unspecified atom stereocenters. The molecule has 0 fully saturated rings. The van der Waals surface area contributed by atoms with E-state index in [-0.39, 0.29) is 24.7 Å². The molecule has 0 spiro atoms. The minimum atomic E-state index is -0.189. The van der Waals surface area contributed by atoms with Crippen LogP contribution in [0.15, 0.2) is 12.2 Å². The lowest BCUT2D eigenvalue weighted by Crippen LogP contribution is -2.24. The summed E-state index contributed by atoms with van der Waals surface area (Å²) in [5.74, 6) is -0.166. The van der Waals surface area contributed by atoms with Crippen LogP contribution in [0, 0.1) is 0 Å². The fraction of sp³-hybridized carbons (Fsp3) is 0.500. The van der Waals surface area contributed by atoms with Crippen molar-refractivity contribution in [3.05, 3.63) is 12.2 Å². The van der Waals surface area contributed by atoms with E-state index in [0.717, 1.165) is 0 Å². The standard InChI is InChI=1S/C10H15NO3/c1-2-4-9(13)5-3-6-10(14)11-7-8-12/h2,4,8H,3,5-7H2,1H3,(H,11,14)/b4-2+. The summed E-state index contributed by atoms with van der Waals surface area (Å²) in [6.07, 6.45) is 4.98. The minimum absolute atomic E-state index is 0.0238. The third kappa shape index (κ3) is 7.21. The summed E-state index contributed by atoms with van der Waals surface area (Å²) >= 11 is 0. The van der Waals surface area contributed by atoms with E-state index >= 15 is 0 Å². The number of hydrogen-bond acceptors (Lipinski definition) is 3. The van der Waals surface area contributed by atoms with Gasteiger partial charge in [-0.15, -0.1) is 0 Å². The molecule has 0 heterocycles. The highest BCUT2D eigenvalue weighted by molar-refractivity contribution is 5.89. The summed E-state index contributed by atoms with van der Waals surface area (Å²) in [6, 6.07) is 0. The van der Waals surface area contributed by atoms with Gasteiger partial charge in [-0.2, -0.15) is 0 Å². The molecule has 0 bridgehead atoms. The van der Waals surface area contributed by atoms with Crippen molar-refractivity contribution in [2.75, 3.05) is 6.54 Å². The lowest BCUT2D eigenvalue weighted by molar-refractivity contribution is -0.122. The molecular weight excluding hydrogens is 182 g/mol. The first-order valence-electron chi connectivity index (χ1n) is 4.56. The van der Waals surface area contributed by atoms with Crippen LogP contribution in [0.25, 0.3) is 0 Å². The zero-order chi connectivity index (χ0) is 10.8. The quantitative estimate of drug-likeness (QED) is 0.480. The Morgan fingerprint density at radius 1 is 1.29 bits per heavy atom. The zero-order valence-corrected chi connectivity index (χ0v) is 8.29. The van der Waals surface area contributed by atoms with Gasteiger partial charge in [-0.25, -0.2) is 0 Å². The van der Waals surface area contributed by atoms with Gasteiger partial charge in [0.25, 0.3) is 0 Å². The lowest BCUT2D eigenvalue weighted by Gasteiger charge is -1.99. The maximum atomic E-state index is 11.0. The van der Waals surface area contributed by atoms with Gasteiger partial charge in [0.1, 0.15) is 6.29 Å². The van der Waals surface area contributed by atoms with Crippen LogP contribution in [0.5, 0.6) is 0 Å². The van der Waals surface area contributed by atoms with E-state index in [0.29, 0.717) is 19.1 Å². The summed E-state index contributed by atoms with van der Waals surface area (Å²) in [6.45, 7) is 1.82. The fourth-order valence-corrected chi connectivity index (χ4v) is 0.936. The van der Waals surface area contributed by atoms with Crippen LogP contribution in [0.1, 0.15) is 26.2 Å². The highest BCUT2D eigenvalue weighted by atomic mass is 16.2. The molecule has 4 heteroatoms. The average Bonchev–Trinajstić information content (AvgIpc) is 2.15. The molecule has 4 nitrogen and oxygen atoms in total. The van der Waals surface area contributed by atoms with Gasteiger partial charge in [-0.1, -0.05) is 6.08 Å². The van der Waals surface area contributed by atoms with Crippen molar-refractivity contribution < 1.29 is 14.4 Å². The molecule has 0 aliphatic carbocycles. The summed E-state index contributed by atoms with van der Waals surface area (Å²) in [5, 5.41) is 2.40. The number of nitrogens with one attached hydrogen (secondary N) is 1. The Morgan fingerprint density at radius 3 is 2.57 bits per heavy atom. The van der Waals surface area contributed by atoms with Gasteiger partial charge < -0.3 is 10.1 Å². The number of allylic oxidation sites excluding steroid dienone is 2. The molecule has 0 aromatic heterocycles. The van der Waals surface area contributed by atoms with Crippen LogP contribution in [0.3, 0.4) is 0 Å². The van der Waals surface area contributed by atoms with E-state index < -0.39 is 0 Å². The van der Waals surface area contributed by atoms with Gasteiger partial charge in [-0.05, 0) is 19.4 Å². The molecule has 0 aliphatic rings. The molecule has 14 heavy (non-hydrogen) atoms. The van der Waals surface area contributed by atoms with Gasteiger partial charge in [-0.3, -0.25) is 9.59 Å². The SMILES string of the molecule is C/C=C/C(=O)CCCC(=O)NCC=O. The number of carbonyl (C=O) groups is 3. The van der Waals surface area contributed by atoms with Crippen LogP contribution >= 0.6 is 0 Å². The van der Waals surface area contributed by atoms with Gasteiger partial charge in [0.15, 0.2) is 5.78 Å². The third-order valence-electron chi connectivity index (χ3n) is 1.56. The molecular formula is C10H15NO3. The molecule has 0 aliphatic heterocycles. The molecule has 0 aromatic rings. The Balaban J connectivity index is 3.48. The topological polar surface area (TPSA) is 63.2 Å².